The van der Waals surface area contributed by atoms with Gasteiger partial charge in [-0.25, -0.2) is 0 Å². The second kappa shape index (κ2) is 7.64. The van der Waals surface area contributed by atoms with Crippen molar-refractivity contribution in [2.75, 3.05) is 6.61 Å². The summed E-state index contributed by atoms with van der Waals surface area (Å²) < 4.78 is 7.83. The Balaban J connectivity index is 1.73. The predicted octanol–water partition coefficient (Wildman–Crippen LogP) is 5.08. The number of rotatable bonds is 6. The maximum absolute atomic E-state index is 11.8. The first-order chi connectivity index (χ1) is 13.6. The second-order valence-corrected chi connectivity index (χ2v) is 7.56. The first-order valence-electron chi connectivity index (χ1n) is 9.21. The van der Waals surface area contributed by atoms with Gasteiger partial charge in [0.15, 0.2) is 16.6 Å². The van der Waals surface area contributed by atoms with Gasteiger partial charge in [-0.3, -0.25) is 9.20 Å². The Morgan fingerprint density at radius 1 is 1.14 bits per heavy atom. The van der Waals surface area contributed by atoms with E-state index in [1.165, 1.54) is 10.9 Å². The van der Waals surface area contributed by atoms with Crippen LogP contribution in [0.25, 0.3) is 16.6 Å². The Labute approximate surface area is 167 Å². The van der Waals surface area contributed by atoms with Crippen LogP contribution in [-0.2, 0) is 5.75 Å². The number of hydrogen-bond donors (Lipinski definition) is 0. The maximum Gasteiger partial charge on any atom is 0.196 e. The zero-order valence-electron chi connectivity index (χ0n) is 16.1. The molecule has 0 fully saturated rings. The van der Waals surface area contributed by atoms with E-state index in [-0.39, 0.29) is 5.78 Å². The maximum atomic E-state index is 11.8. The van der Waals surface area contributed by atoms with Crippen LogP contribution in [-0.4, -0.2) is 27.0 Å². The summed E-state index contributed by atoms with van der Waals surface area (Å²) >= 11 is 1.59. The molecule has 6 heteroatoms. The Hall–Kier alpha value is -2.86. The molecule has 0 aliphatic carbocycles. The van der Waals surface area contributed by atoms with E-state index in [4.69, 9.17) is 4.74 Å². The molecule has 0 aliphatic rings. The minimum atomic E-state index is 0.0451. The smallest absolute Gasteiger partial charge is 0.196 e. The van der Waals surface area contributed by atoms with Gasteiger partial charge in [0.1, 0.15) is 5.75 Å². The molecule has 142 valence electrons. The molecule has 0 atom stereocenters. The van der Waals surface area contributed by atoms with E-state index in [2.05, 4.69) is 39.7 Å². The first-order valence-corrected chi connectivity index (χ1v) is 10.2. The van der Waals surface area contributed by atoms with Crippen LogP contribution in [0, 0.1) is 6.92 Å². The average Bonchev–Trinajstić information content (AvgIpc) is 3.10. The van der Waals surface area contributed by atoms with Crippen LogP contribution < -0.4 is 4.74 Å². The quantitative estimate of drug-likeness (QED) is 0.339. The number of fused-ring (bicyclic) bond motifs is 3. The van der Waals surface area contributed by atoms with Crippen LogP contribution in [0.2, 0.25) is 0 Å². The summed E-state index contributed by atoms with van der Waals surface area (Å²) in [4.78, 5) is 11.8. The lowest BCUT2D eigenvalue weighted by molar-refractivity contribution is 0.101. The van der Waals surface area contributed by atoms with Gasteiger partial charge in [0.25, 0.3) is 0 Å². The molecule has 0 N–H and O–H groups in total. The zero-order chi connectivity index (χ0) is 19.7. The lowest BCUT2D eigenvalue weighted by Gasteiger charge is -2.11. The number of carbonyl (C=O) groups is 1. The highest BCUT2D eigenvalue weighted by molar-refractivity contribution is 7.98. The highest BCUT2D eigenvalue weighted by atomic mass is 32.2. The van der Waals surface area contributed by atoms with Crippen LogP contribution in [0.1, 0.15) is 35.3 Å². The Bertz CT molecular complexity index is 1180. The largest absolute Gasteiger partial charge is 0.494 e. The lowest BCUT2D eigenvalue weighted by atomic mass is 10.1. The van der Waals surface area contributed by atoms with Gasteiger partial charge >= 0.3 is 0 Å². The summed E-state index contributed by atoms with van der Waals surface area (Å²) in [5.74, 6) is 1.48. The molecule has 0 aliphatic heterocycles. The van der Waals surface area contributed by atoms with Gasteiger partial charge in [-0.2, -0.15) is 0 Å². The fourth-order valence-electron chi connectivity index (χ4n) is 3.32. The lowest BCUT2D eigenvalue weighted by Crippen LogP contribution is -2.00. The summed E-state index contributed by atoms with van der Waals surface area (Å²) in [6.45, 7) is 6.20. The van der Waals surface area contributed by atoms with Crippen molar-refractivity contribution in [1.29, 1.82) is 0 Å². The van der Waals surface area contributed by atoms with Gasteiger partial charge in [0.2, 0.25) is 0 Å². The Morgan fingerprint density at radius 3 is 2.75 bits per heavy atom. The van der Waals surface area contributed by atoms with Crippen molar-refractivity contribution in [1.82, 2.24) is 14.6 Å². The third-order valence-electron chi connectivity index (χ3n) is 4.70. The number of aryl methyl sites for hydroxylation is 1. The zero-order valence-corrected chi connectivity index (χ0v) is 16.9. The minimum absolute atomic E-state index is 0.0451. The first kappa shape index (κ1) is 18.5. The molecule has 5 nitrogen and oxygen atoms in total. The topological polar surface area (TPSA) is 56.5 Å². The van der Waals surface area contributed by atoms with Gasteiger partial charge in [-0.15, -0.1) is 10.2 Å². The standard InChI is InChI=1S/C22H21N3O2S/c1-4-27-20-10-9-16(15(3)26)12-17(20)13-28-22-24-23-21-11-14(2)18-7-5-6-8-19(18)25(21)22/h5-12H,4,13H2,1-3H3. The molecule has 0 spiro atoms. The fraction of sp³-hybridized carbons (Fsp3) is 0.227. The number of hydrogen-bond acceptors (Lipinski definition) is 5. The highest BCUT2D eigenvalue weighted by Crippen LogP contribution is 2.31. The van der Waals surface area contributed by atoms with Crippen LogP contribution >= 0.6 is 11.8 Å². The van der Waals surface area contributed by atoms with E-state index in [1.54, 1.807) is 18.7 Å². The number of pyridine rings is 1. The second-order valence-electron chi connectivity index (χ2n) is 6.62. The molecule has 0 amide bonds. The van der Waals surface area contributed by atoms with Gasteiger partial charge in [0.05, 0.1) is 12.1 Å². The van der Waals surface area contributed by atoms with E-state index in [1.807, 2.05) is 37.3 Å². The number of ketones is 1. The van der Waals surface area contributed by atoms with E-state index >= 15 is 0 Å². The molecular weight excluding hydrogens is 370 g/mol. The van der Waals surface area contributed by atoms with Crippen molar-refractivity contribution in [3.8, 4) is 5.75 Å². The number of ether oxygens (including phenoxy) is 1. The van der Waals surface area contributed by atoms with Gasteiger partial charge in [-0.05, 0) is 56.7 Å². The third kappa shape index (κ3) is 3.36. The predicted molar refractivity (Wildman–Crippen MR) is 112 cm³/mol. The molecule has 0 saturated carbocycles. The van der Waals surface area contributed by atoms with Crippen molar-refractivity contribution in [3.05, 3.63) is 65.2 Å². The molecule has 0 bridgehead atoms. The number of carbonyl (C=O) groups excluding carboxylic acids is 1. The molecule has 28 heavy (non-hydrogen) atoms. The number of benzene rings is 2. The number of aromatic nitrogens is 3. The number of thioether (sulfide) groups is 1. The highest BCUT2D eigenvalue weighted by Gasteiger charge is 2.14. The molecule has 0 saturated heterocycles. The van der Waals surface area contributed by atoms with Crippen LogP contribution in [0.15, 0.2) is 53.7 Å². The molecule has 4 rings (SSSR count). The summed E-state index contributed by atoms with van der Waals surface area (Å²) in [7, 11) is 0. The van der Waals surface area contributed by atoms with E-state index in [0.29, 0.717) is 17.9 Å². The SMILES string of the molecule is CCOc1ccc(C(C)=O)cc1CSc1nnc2cc(C)c3ccccc3n12. The van der Waals surface area contributed by atoms with Crippen molar-refractivity contribution in [2.45, 2.75) is 31.7 Å². The minimum Gasteiger partial charge on any atom is -0.494 e. The van der Waals surface area contributed by atoms with Crippen LogP contribution in [0.5, 0.6) is 5.75 Å². The van der Waals surface area contributed by atoms with Gasteiger partial charge in [-0.1, -0.05) is 30.0 Å². The van der Waals surface area contributed by atoms with Crippen molar-refractivity contribution in [3.63, 3.8) is 0 Å². The summed E-state index contributed by atoms with van der Waals surface area (Å²) in [6.07, 6.45) is 0. The molecule has 2 aromatic heterocycles. The summed E-state index contributed by atoms with van der Waals surface area (Å²) in [6, 6.07) is 15.9. The average molecular weight is 391 g/mol. The summed E-state index contributed by atoms with van der Waals surface area (Å²) in [5.41, 5.74) is 4.77. The third-order valence-corrected chi connectivity index (χ3v) is 5.68. The van der Waals surface area contributed by atoms with Crippen LogP contribution in [0.3, 0.4) is 0 Å². The summed E-state index contributed by atoms with van der Waals surface area (Å²) in [5, 5.41) is 10.8. The molecule has 0 radical (unpaired) electrons. The van der Waals surface area contributed by atoms with E-state index in [9.17, 15) is 4.79 Å². The molecule has 4 aromatic rings. The molecule has 2 heterocycles. The molecule has 0 unspecified atom stereocenters. The van der Waals surface area contributed by atoms with Gasteiger partial charge < -0.3 is 4.74 Å². The Kier molecular flexibility index (Phi) is 5.05. The number of nitrogens with zero attached hydrogens (tertiary/aromatic N) is 3. The van der Waals surface area contributed by atoms with Crippen molar-refractivity contribution in [2.24, 2.45) is 0 Å². The normalized spacial score (nSPS) is 11.2. The Morgan fingerprint density at radius 2 is 1.96 bits per heavy atom. The number of Topliss-reactive ketones (excluding diaryl/α,β-unsaturated/α-hetero) is 1. The van der Waals surface area contributed by atoms with E-state index in [0.717, 1.165) is 27.6 Å². The van der Waals surface area contributed by atoms with E-state index < -0.39 is 0 Å². The van der Waals surface area contributed by atoms with Crippen LogP contribution in [0.4, 0.5) is 0 Å². The molecular formula is C22H21N3O2S. The fourth-order valence-corrected chi connectivity index (χ4v) is 4.25. The van der Waals surface area contributed by atoms with Crippen molar-refractivity contribution >= 4 is 34.1 Å². The number of para-hydroxylation sites is 1. The van der Waals surface area contributed by atoms with Crippen molar-refractivity contribution < 1.29 is 9.53 Å². The van der Waals surface area contributed by atoms with Gasteiger partial charge in [0, 0.05) is 22.3 Å². The molecule has 2 aromatic carbocycles. The monoisotopic (exact) mass is 391 g/mol.